The fourth-order valence-electron chi connectivity index (χ4n) is 1.94. The van der Waals surface area contributed by atoms with Gasteiger partial charge in [-0.05, 0) is 31.4 Å². The van der Waals surface area contributed by atoms with Gasteiger partial charge in [0.1, 0.15) is 0 Å². The molecule has 0 saturated carbocycles. The average Bonchev–Trinajstić information content (AvgIpc) is 2.17. The first-order valence-electron chi connectivity index (χ1n) is 5.90. The SMILES string of the molecule is CCCCCC(O)c1ccc(C)cc1C. The number of rotatable bonds is 5. The molecule has 0 aromatic heterocycles. The fraction of sp³-hybridized carbons (Fsp3) is 0.571. The van der Waals surface area contributed by atoms with Crippen molar-refractivity contribution in [3.8, 4) is 0 Å². The second kappa shape index (κ2) is 5.92. The van der Waals surface area contributed by atoms with Crippen LogP contribution >= 0.6 is 0 Å². The third-order valence-electron chi connectivity index (χ3n) is 2.87. The third kappa shape index (κ3) is 3.67. The average molecular weight is 206 g/mol. The fourth-order valence-corrected chi connectivity index (χ4v) is 1.94. The van der Waals surface area contributed by atoms with Gasteiger partial charge in [0.15, 0.2) is 0 Å². The van der Waals surface area contributed by atoms with E-state index in [0.717, 1.165) is 18.4 Å². The van der Waals surface area contributed by atoms with Crippen molar-refractivity contribution in [2.75, 3.05) is 0 Å². The molecule has 1 N–H and O–H groups in total. The van der Waals surface area contributed by atoms with E-state index in [2.05, 4.69) is 39.0 Å². The van der Waals surface area contributed by atoms with Crippen LogP contribution in [-0.4, -0.2) is 5.11 Å². The molecule has 0 aliphatic carbocycles. The van der Waals surface area contributed by atoms with E-state index >= 15 is 0 Å². The molecule has 15 heavy (non-hydrogen) atoms. The normalized spacial score (nSPS) is 12.8. The molecule has 0 aliphatic rings. The lowest BCUT2D eigenvalue weighted by Crippen LogP contribution is -2.00. The Labute approximate surface area is 93.1 Å². The van der Waals surface area contributed by atoms with Crippen molar-refractivity contribution < 1.29 is 5.11 Å². The molecule has 1 nitrogen and oxygen atoms in total. The van der Waals surface area contributed by atoms with E-state index < -0.39 is 0 Å². The maximum absolute atomic E-state index is 10.0. The minimum absolute atomic E-state index is 0.280. The summed E-state index contributed by atoms with van der Waals surface area (Å²) in [6.45, 7) is 6.34. The van der Waals surface area contributed by atoms with Crippen LogP contribution in [0.4, 0.5) is 0 Å². The van der Waals surface area contributed by atoms with Crippen LogP contribution in [-0.2, 0) is 0 Å². The Bertz CT molecular complexity index is 304. The Balaban J connectivity index is 2.61. The van der Waals surface area contributed by atoms with Crippen LogP contribution in [0.25, 0.3) is 0 Å². The molecule has 1 unspecified atom stereocenters. The van der Waals surface area contributed by atoms with Gasteiger partial charge < -0.3 is 5.11 Å². The summed E-state index contributed by atoms with van der Waals surface area (Å²) in [5.74, 6) is 0. The van der Waals surface area contributed by atoms with Crippen LogP contribution in [0, 0.1) is 13.8 Å². The molecular formula is C14H22O. The maximum atomic E-state index is 10.0. The highest BCUT2D eigenvalue weighted by Gasteiger charge is 2.09. The number of hydrogen-bond acceptors (Lipinski definition) is 1. The van der Waals surface area contributed by atoms with Crippen molar-refractivity contribution in [3.63, 3.8) is 0 Å². The van der Waals surface area contributed by atoms with E-state index in [0.29, 0.717) is 0 Å². The van der Waals surface area contributed by atoms with E-state index in [1.165, 1.54) is 24.0 Å². The van der Waals surface area contributed by atoms with Gasteiger partial charge in [0.25, 0.3) is 0 Å². The summed E-state index contributed by atoms with van der Waals surface area (Å²) in [6, 6.07) is 6.27. The van der Waals surface area contributed by atoms with E-state index in [-0.39, 0.29) is 6.10 Å². The van der Waals surface area contributed by atoms with Crippen LogP contribution in [0.1, 0.15) is 55.4 Å². The molecule has 1 atom stereocenters. The molecule has 0 bridgehead atoms. The summed E-state index contributed by atoms with van der Waals surface area (Å²) in [5, 5.41) is 10.0. The molecule has 0 saturated heterocycles. The number of aliphatic hydroxyl groups is 1. The Morgan fingerprint density at radius 2 is 1.93 bits per heavy atom. The van der Waals surface area contributed by atoms with Crippen LogP contribution in [0.5, 0.6) is 0 Å². The number of aryl methyl sites for hydroxylation is 2. The highest BCUT2D eigenvalue weighted by molar-refractivity contribution is 5.31. The molecule has 0 radical (unpaired) electrons. The van der Waals surface area contributed by atoms with Crippen molar-refractivity contribution in [2.45, 2.75) is 52.6 Å². The summed E-state index contributed by atoms with van der Waals surface area (Å²) in [4.78, 5) is 0. The topological polar surface area (TPSA) is 20.2 Å². The van der Waals surface area contributed by atoms with Gasteiger partial charge >= 0.3 is 0 Å². The van der Waals surface area contributed by atoms with Gasteiger partial charge in [0.05, 0.1) is 6.10 Å². The molecule has 1 rings (SSSR count). The minimum atomic E-state index is -0.280. The predicted molar refractivity (Wildman–Crippen MR) is 65.0 cm³/mol. The second-order valence-corrected chi connectivity index (χ2v) is 4.37. The Morgan fingerprint density at radius 1 is 1.20 bits per heavy atom. The Morgan fingerprint density at radius 3 is 2.53 bits per heavy atom. The summed E-state index contributed by atoms with van der Waals surface area (Å²) in [7, 11) is 0. The van der Waals surface area contributed by atoms with Gasteiger partial charge in [-0.15, -0.1) is 0 Å². The van der Waals surface area contributed by atoms with E-state index in [4.69, 9.17) is 0 Å². The number of aliphatic hydroxyl groups excluding tert-OH is 1. The van der Waals surface area contributed by atoms with Crippen molar-refractivity contribution in [2.24, 2.45) is 0 Å². The number of benzene rings is 1. The molecule has 1 heteroatoms. The van der Waals surface area contributed by atoms with Crippen LogP contribution < -0.4 is 0 Å². The maximum Gasteiger partial charge on any atom is 0.0792 e. The molecule has 84 valence electrons. The second-order valence-electron chi connectivity index (χ2n) is 4.37. The highest BCUT2D eigenvalue weighted by Crippen LogP contribution is 2.23. The molecule has 1 aromatic carbocycles. The first-order valence-corrected chi connectivity index (χ1v) is 5.90. The first kappa shape index (κ1) is 12.3. The van der Waals surface area contributed by atoms with Crippen LogP contribution in [0.3, 0.4) is 0 Å². The van der Waals surface area contributed by atoms with Crippen LogP contribution in [0.15, 0.2) is 18.2 Å². The Kier molecular flexibility index (Phi) is 4.83. The Hall–Kier alpha value is -0.820. The predicted octanol–water partition coefficient (Wildman–Crippen LogP) is 3.92. The smallest absolute Gasteiger partial charge is 0.0792 e. The molecule has 0 fully saturated rings. The molecule has 0 aliphatic heterocycles. The van der Waals surface area contributed by atoms with Gasteiger partial charge in [0.2, 0.25) is 0 Å². The molecular weight excluding hydrogens is 184 g/mol. The van der Waals surface area contributed by atoms with Crippen molar-refractivity contribution in [1.82, 2.24) is 0 Å². The van der Waals surface area contributed by atoms with Crippen LogP contribution in [0.2, 0.25) is 0 Å². The van der Waals surface area contributed by atoms with Gasteiger partial charge in [-0.2, -0.15) is 0 Å². The van der Waals surface area contributed by atoms with E-state index in [1.54, 1.807) is 0 Å². The summed E-state index contributed by atoms with van der Waals surface area (Å²) in [5.41, 5.74) is 3.56. The largest absolute Gasteiger partial charge is 0.388 e. The molecule has 0 heterocycles. The summed E-state index contributed by atoms with van der Waals surface area (Å²) >= 11 is 0. The van der Waals surface area contributed by atoms with Crippen molar-refractivity contribution >= 4 is 0 Å². The van der Waals surface area contributed by atoms with Gasteiger partial charge in [0, 0.05) is 0 Å². The molecule has 1 aromatic rings. The van der Waals surface area contributed by atoms with Crippen molar-refractivity contribution in [3.05, 3.63) is 34.9 Å². The van der Waals surface area contributed by atoms with E-state index in [9.17, 15) is 5.11 Å². The monoisotopic (exact) mass is 206 g/mol. The lowest BCUT2D eigenvalue weighted by Gasteiger charge is -2.13. The van der Waals surface area contributed by atoms with E-state index in [1.807, 2.05) is 0 Å². The molecule has 0 spiro atoms. The quantitative estimate of drug-likeness (QED) is 0.724. The third-order valence-corrected chi connectivity index (χ3v) is 2.87. The summed E-state index contributed by atoms with van der Waals surface area (Å²) in [6.07, 6.45) is 4.14. The number of hydrogen-bond donors (Lipinski definition) is 1. The lowest BCUT2D eigenvalue weighted by molar-refractivity contribution is 0.163. The summed E-state index contributed by atoms with van der Waals surface area (Å²) < 4.78 is 0. The van der Waals surface area contributed by atoms with Gasteiger partial charge in [-0.3, -0.25) is 0 Å². The standard InChI is InChI=1S/C14H22O/c1-4-5-6-7-14(15)13-9-8-11(2)10-12(13)3/h8-10,14-15H,4-7H2,1-3H3. The number of unbranched alkanes of at least 4 members (excludes halogenated alkanes) is 2. The van der Waals surface area contributed by atoms with Gasteiger partial charge in [-0.25, -0.2) is 0 Å². The minimum Gasteiger partial charge on any atom is -0.388 e. The van der Waals surface area contributed by atoms with Crippen molar-refractivity contribution in [1.29, 1.82) is 0 Å². The highest BCUT2D eigenvalue weighted by atomic mass is 16.3. The van der Waals surface area contributed by atoms with Gasteiger partial charge in [-0.1, -0.05) is 49.9 Å². The zero-order valence-corrected chi connectivity index (χ0v) is 10.1. The zero-order chi connectivity index (χ0) is 11.3. The first-order chi connectivity index (χ1) is 7.15. The molecule has 0 amide bonds. The lowest BCUT2D eigenvalue weighted by atomic mass is 9.97. The zero-order valence-electron chi connectivity index (χ0n) is 10.1.